The number of para-hydroxylation sites is 1. The molecule has 1 fully saturated rings. The first kappa shape index (κ1) is 18.7. The summed E-state index contributed by atoms with van der Waals surface area (Å²) < 4.78 is 5.36. The van der Waals surface area contributed by atoms with Crippen molar-refractivity contribution in [2.24, 2.45) is 0 Å². The van der Waals surface area contributed by atoms with Crippen molar-refractivity contribution in [2.45, 2.75) is 18.9 Å². The van der Waals surface area contributed by atoms with Gasteiger partial charge in [-0.05, 0) is 23.1 Å². The molecular formula is C21H23N3O3S. The van der Waals surface area contributed by atoms with Gasteiger partial charge in [-0.25, -0.2) is 0 Å². The fourth-order valence-corrected chi connectivity index (χ4v) is 4.24. The molecule has 3 aromatic rings. The predicted molar refractivity (Wildman–Crippen MR) is 109 cm³/mol. The molecule has 0 unspecified atom stereocenters. The molecule has 2 amide bonds. The largest absolute Gasteiger partial charge is 0.378 e. The molecule has 6 nitrogen and oxygen atoms in total. The lowest BCUT2D eigenvalue weighted by Crippen LogP contribution is -2.52. The van der Waals surface area contributed by atoms with E-state index in [4.69, 9.17) is 4.74 Å². The first-order chi connectivity index (χ1) is 13.7. The first-order valence-electron chi connectivity index (χ1n) is 9.44. The molecular weight excluding hydrogens is 374 g/mol. The molecule has 2 aromatic heterocycles. The van der Waals surface area contributed by atoms with Gasteiger partial charge in [0.05, 0.1) is 19.6 Å². The Balaban J connectivity index is 1.53. The lowest BCUT2D eigenvalue weighted by atomic mass is 10.0. The van der Waals surface area contributed by atoms with Crippen molar-refractivity contribution >= 4 is 34.1 Å². The zero-order valence-corrected chi connectivity index (χ0v) is 16.3. The number of carbonyl (C=O) groups is 2. The molecule has 146 valence electrons. The van der Waals surface area contributed by atoms with Crippen molar-refractivity contribution in [3.63, 3.8) is 0 Å². The quantitative estimate of drug-likeness (QED) is 0.671. The minimum absolute atomic E-state index is 0.0480. The van der Waals surface area contributed by atoms with Crippen LogP contribution in [-0.4, -0.2) is 54.0 Å². The van der Waals surface area contributed by atoms with Crippen LogP contribution in [0, 0.1) is 0 Å². The molecule has 1 atom stereocenters. The number of carbonyl (C=O) groups excluding carboxylic acids is 2. The van der Waals surface area contributed by atoms with Gasteiger partial charge in [0, 0.05) is 41.5 Å². The van der Waals surface area contributed by atoms with Crippen molar-refractivity contribution in [1.82, 2.24) is 15.2 Å². The number of amides is 2. The molecule has 1 aliphatic rings. The SMILES string of the molecule is O=C(Cc1cccs1)N[C@@H](Cc1c[nH]c2ccccc12)C(=O)N1CCOCC1. The standard InChI is InChI=1S/C21H23N3O3S/c25-20(13-16-4-3-11-28-16)23-19(21(26)24-7-9-27-10-8-24)12-15-14-22-18-6-2-1-5-17(15)18/h1-6,11,14,19,22H,7-10,12-13H2,(H,23,25)/t19-/m0/s1. The summed E-state index contributed by atoms with van der Waals surface area (Å²) in [5, 5.41) is 6.00. The number of morpholine rings is 1. The number of aromatic nitrogens is 1. The van der Waals surface area contributed by atoms with E-state index in [-0.39, 0.29) is 11.8 Å². The minimum Gasteiger partial charge on any atom is -0.378 e. The van der Waals surface area contributed by atoms with Gasteiger partial charge in [0.15, 0.2) is 0 Å². The van der Waals surface area contributed by atoms with Gasteiger partial charge < -0.3 is 19.9 Å². The monoisotopic (exact) mass is 397 g/mol. The molecule has 2 N–H and O–H groups in total. The van der Waals surface area contributed by atoms with Crippen molar-refractivity contribution in [3.05, 3.63) is 58.4 Å². The Hall–Kier alpha value is -2.64. The molecule has 4 rings (SSSR count). The van der Waals surface area contributed by atoms with E-state index in [1.54, 1.807) is 16.2 Å². The highest BCUT2D eigenvalue weighted by atomic mass is 32.1. The van der Waals surface area contributed by atoms with Gasteiger partial charge in [-0.1, -0.05) is 24.3 Å². The number of H-pyrrole nitrogens is 1. The summed E-state index contributed by atoms with van der Waals surface area (Å²) in [6.45, 7) is 2.19. The van der Waals surface area contributed by atoms with Crippen LogP contribution in [0.2, 0.25) is 0 Å². The van der Waals surface area contributed by atoms with Crippen LogP contribution in [0.4, 0.5) is 0 Å². The summed E-state index contributed by atoms with van der Waals surface area (Å²) in [4.78, 5) is 31.8. The molecule has 1 aliphatic heterocycles. The van der Waals surface area contributed by atoms with Crippen molar-refractivity contribution < 1.29 is 14.3 Å². The number of ether oxygens (including phenoxy) is 1. The highest BCUT2D eigenvalue weighted by molar-refractivity contribution is 7.10. The highest BCUT2D eigenvalue weighted by Gasteiger charge is 2.28. The molecule has 0 aliphatic carbocycles. The molecule has 1 aromatic carbocycles. The third kappa shape index (κ3) is 4.26. The number of rotatable bonds is 6. The van der Waals surface area contributed by atoms with Gasteiger partial charge in [-0.3, -0.25) is 9.59 Å². The van der Waals surface area contributed by atoms with Gasteiger partial charge in [0.1, 0.15) is 6.04 Å². The van der Waals surface area contributed by atoms with Crippen molar-refractivity contribution in [3.8, 4) is 0 Å². The van der Waals surface area contributed by atoms with Gasteiger partial charge >= 0.3 is 0 Å². The average molecular weight is 398 g/mol. The Morgan fingerprint density at radius 1 is 1.18 bits per heavy atom. The Kier molecular flexibility index (Phi) is 5.73. The second-order valence-electron chi connectivity index (χ2n) is 6.88. The fourth-order valence-electron chi connectivity index (χ4n) is 3.54. The number of thiophene rings is 1. The van der Waals surface area contributed by atoms with E-state index in [1.807, 2.05) is 48.0 Å². The van der Waals surface area contributed by atoms with Crippen LogP contribution in [0.1, 0.15) is 10.4 Å². The Bertz CT molecular complexity index is 945. The summed E-state index contributed by atoms with van der Waals surface area (Å²) in [5.41, 5.74) is 2.05. The van der Waals surface area contributed by atoms with E-state index >= 15 is 0 Å². The van der Waals surface area contributed by atoms with Crippen LogP contribution >= 0.6 is 11.3 Å². The number of benzene rings is 1. The van der Waals surface area contributed by atoms with Gasteiger partial charge in [-0.2, -0.15) is 0 Å². The number of nitrogens with zero attached hydrogens (tertiary/aromatic N) is 1. The summed E-state index contributed by atoms with van der Waals surface area (Å²) in [6, 6.07) is 11.3. The van der Waals surface area contributed by atoms with E-state index < -0.39 is 6.04 Å². The number of fused-ring (bicyclic) bond motifs is 1. The summed E-state index contributed by atoms with van der Waals surface area (Å²) in [6.07, 6.45) is 2.67. The van der Waals surface area contributed by atoms with Crippen LogP contribution in [0.15, 0.2) is 48.0 Å². The van der Waals surface area contributed by atoms with Gasteiger partial charge in [-0.15, -0.1) is 11.3 Å². The normalized spacial score (nSPS) is 15.5. The topological polar surface area (TPSA) is 74.4 Å². The molecule has 0 radical (unpaired) electrons. The molecule has 7 heteroatoms. The molecule has 1 saturated heterocycles. The van der Waals surface area contributed by atoms with Crippen LogP contribution in [0.3, 0.4) is 0 Å². The zero-order chi connectivity index (χ0) is 19.3. The second-order valence-corrected chi connectivity index (χ2v) is 7.91. The minimum atomic E-state index is -0.593. The second kappa shape index (κ2) is 8.58. The molecule has 0 saturated carbocycles. The molecule has 0 bridgehead atoms. The van der Waals surface area contributed by atoms with Crippen LogP contribution < -0.4 is 5.32 Å². The average Bonchev–Trinajstić information content (AvgIpc) is 3.38. The number of nitrogens with one attached hydrogen (secondary N) is 2. The van der Waals surface area contributed by atoms with Crippen LogP contribution in [0.25, 0.3) is 10.9 Å². The Labute approximate surface area is 167 Å². The maximum Gasteiger partial charge on any atom is 0.245 e. The fraction of sp³-hybridized carbons (Fsp3) is 0.333. The maximum absolute atomic E-state index is 13.1. The van der Waals surface area contributed by atoms with E-state index in [0.717, 1.165) is 21.3 Å². The first-order valence-corrected chi connectivity index (χ1v) is 10.3. The van der Waals surface area contributed by atoms with E-state index in [2.05, 4.69) is 10.3 Å². The van der Waals surface area contributed by atoms with Crippen molar-refractivity contribution in [2.75, 3.05) is 26.3 Å². The Morgan fingerprint density at radius 3 is 2.79 bits per heavy atom. The van der Waals surface area contributed by atoms with Gasteiger partial charge in [0.25, 0.3) is 0 Å². The van der Waals surface area contributed by atoms with Crippen LogP contribution in [-0.2, 0) is 27.2 Å². The van der Waals surface area contributed by atoms with Crippen molar-refractivity contribution in [1.29, 1.82) is 0 Å². The predicted octanol–water partition coefficient (Wildman–Crippen LogP) is 2.36. The summed E-state index contributed by atoms with van der Waals surface area (Å²) >= 11 is 1.54. The van der Waals surface area contributed by atoms with Crippen LogP contribution in [0.5, 0.6) is 0 Å². The van der Waals surface area contributed by atoms with E-state index in [1.165, 1.54) is 0 Å². The van der Waals surface area contributed by atoms with E-state index in [0.29, 0.717) is 39.1 Å². The lowest BCUT2D eigenvalue weighted by Gasteiger charge is -2.30. The smallest absolute Gasteiger partial charge is 0.245 e. The summed E-state index contributed by atoms with van der Waals surface area (Å²) in [5.74, 6) is -0.179. The highest BCUT2D eigenvalue weighted by Crippen LogP contribution is 2.20. The number of hydrogen-bond acceptors (Lipinski definition) is 4. The lowest BCUT2D eigenvalue weighted by molar-refractivity contribution is -0.139. The van der Waals surface area contributed by atoms with E-state index in [9.17, 15) is 9.59 Å². The Morgan fingerprint density at radius 2 is 2.00 bits per heavy atom. The molecule has 0 spiro atoms. The molecule has 3 heterocycles. The maximum atomic E-state index is 13.1. The zero-order valence-electron chi connectivity index (χ0n) is 15.5. The summed E-state index contributed by atoms with van der Waals surface area (Å²) in [7, 11) is 0. The number of aromatic amines is 1. The third-order valence-corrected chi connectivity index (χ3v) is 5.85. The molecule has 28 heavy (non-hydrogen) atoms. The number of hydrogen-bond donors (Lipinski definition) is 2. The third-order valence-electron chi connectivity index (χ3n) is 4.97. The van der Waals surface area contributed by atoms with Gasteiger partial charge in [0.2, 0.25) is 11.8 Å².